The van der Waals surface area contributed by atoms with Gasteiger partial charge in [0.2, 0.25) is 0 Å². The highest BCUT2D eigenvalue weighted by Gasteiger charge is 2.26. The second-order valence-corrected chi connectivity index (χ2v) is 4.07. The molecule has 1 saturated heterocycles. The highest BCUT2D eigenvalue weighted by Crippen LogP contribution is 2.04. The van der Waals surface area contributed by atoms with E-state index in [9.17, 15) is 15.2 Å². The summed E-state index contributed by atoms with van der Waals surface area (Å²) < 4.78 is 9.54. The van der Waals surface area contributed by atoms with Gasteiger partial charge in [-0.15, -0.1) is 4.84 Å². The van der Waals surface area contributed by atoms with Crippen LogP contribution in [0.2, 0.25) is 0 Å². The van der Waals surface area contributed by atoms with Crippen LogP contribution in [0.4, 0.5) is 4.79 Å². The lowest BCUT2D eigenvalue weighted by molar-refractivity contribution is -1.57. The fraction of sp³-hybridized carbons (Fsp3) is 0.833. The van der Waals surface area contributed by atoms with Crippen LogP contribution in [-0.2, 0) is 24.0 Å². The fourth-order valence-corrected chi connectivity index (χ4v) is 1.10. The summed E-state index contributed by atoms with van der Waals surface area (Å²) in [4.78, 5) is 24.2. The zero-order valence-electron chi connectivity index (χ0n) is 9.50. The zero-order valence-corrected chi connectivity index (χ0v) is 11.7. The van der Waals surface area contributed by atoms with Gasteiger partial charge in [-0.1, -0.05) is 8.41 Å². The molecule has 1 fully saturated rings. The first-order valence-electron chi connectivity index (χ1n) is 4.96. The topological polar surface area (TPSA) is 145 Å². The monoisotopic (exact) mass is 395 g/mol. The second-order valence-electron chi connectivity index (χ2n) is 3.11. The maximum absolute atomic E-state index is 11.0. The molecule has 1 aliphatic rings. The van der Waals surface area contributed by atoms with E-state index < -0.39 is 23.0 Å². The van der Waals surface area contributed by atoms with E-state index in [4.69, 9.17) is 5.53 Å². The summed E-state index contributed by atoms with van der Waals surface area (Å²) in [5, 5.41) is 20.0. The molecule has 13 heteroatoms. The number of nitrogens with zero attached hydrogens (tertiary/aromatic N) is 1. The molecule has 0 saturated carbocycles. The standard InChI is InChI=1S/C6H12IN4O8/c7-9(8)10(13)16-1-2-17-11(14)18-4-5-3-15-6(12)19-5/h5,8,10-11H,1-4H2. The first-order chi connectivity index (χ1) is 8.99. The van der Waals surface area contributed by atoms with Gasteiger partial charge in [0.05, 0.1) is 0 Å². The van der Waals surface area contributed by atoms with E-state index in [0.717, 1.165) is 0 Å². The molecule has 0 aromatic carbocycles. The van der Waals surface area contributed by atoms with E-state index in [1.807, 2.05) is 0 Å². The van der Waals surface area contributed by atoms with Crippen LogP contribution in [0.3, 0.4) is 0 Å². The Bertz CT molecular complexity index is 320. The molecule has 3 atom stereocenters. The maximum Gasteiger partial charge on any atom is 0.508 e. The third kappa shape index (κ3) is 6.87. The van der Waals surface area contributed by atoms with Crippen molar-refractivity contribution in [2.75, 3.05) is 26.4 Å². The molecule has 3 N–H and O–H groups in total. The minimum Gasteiger partial charge on any atom is -0.566 e. The normalized spacial score (nSPS) is 21.6. The minimum atomic E-state index is -0.990. The van der Waals surface area contributed by atoms with Crippen LogP contribution in [-0.4, -0.2) is 41.7 Å². The number of carbonyl (C=O) groups excluding carboxylic acids is 1. The van der Waals surface area contributed by atoms with Crippen molar-refractivity contribution in [2.24, 2.45) is 0 Å². The van der Waals surface area contributed by atoms with E-state index in [1.54, 1.807) is 0 Å². The molecule has 1 heterocycles. The first-order valence-corrected chi connectivity index (χ1v) is 5.92. The molecular formula is C6H12IN4O8. The highest BCUT2D eigenvalue weighted by atomic mass is 127. The molecule has 0 bridgehead atoms. The molecule has 19 heavy (non-hydrogen) atoms. The van der Waals surface area contributed by atoms with Gasteiger partial charge in [-0.2, -0.15) is 9.68 Å². The van der Waals surface area contributed by atoms with Gasteiger partial charge >= 0.3 is 6.16 Å². The third-order valence-electron chi connectivity index (χ3n) is 1.73. The quantitative estimate of drug-likeness (QED) is 0.0873. The maximum atomic E-state index is 11.0. The Morgan fingerprint density at radius 2 is 2.11 bits per heavy atom. The smallest absolute Gasteiger partial charge is 0.508 e. The van der Waals surface area contributed by atoms with E-state index >= 15 is 0 Å². The van der Waals surface area contributed by atoms with Crippen LogP contribution >= 0.6 is 0 Å². The molecule has 1 aliphatic heterocycles. The third-order valence-corrected chi connectivity index (χ3v) is 2.12. The van der Waals surface area contributed by atoms with Gasteiger partial charge in [0, 0.05) is 0 Å². The predicted molar refractivity (Wildman–Crippen MR) is 45.7 cm³/mol. The van der Waals surface area contributed by atoms with Crippen LogP contribution in [0, 0.1) is 15.9 Å². The second kappa shape index (κ2) is 8.48. The Morgan fingerprint density at radius 1 is 1.42 bits per heavy atom. The van der Waals surface area contributed by atoms with Crippen molar-refractivity contribution < 1.29 is 65.4 Å². The molecule has 12 nitrogen and oxygen atoms in total. The molecule has 1 rings (SSSR count). The number of quaternary nitrogens is 2. The first kappa shape index (κ1) is 16.4. The molecule has 111 valence electrons. The molecule has 1 radical (unpaired) electrons. The number of cyclic esters (lactones) is 2. The summed E-state index contributed by atoms with van der Waals surface area (Å²) >= 11 is 1.41. The molecule has 0 aromatic heterocycles. The number of rotatable bonds is 9. The van der Waals surface area contributed by atoms with E-state index in [0.29, 0.717) is 3.02 Å². The Hall–Kier alpha value is -0.680. The van der Waals surface area contributed by atoms with Crippen LogP contribution in [0.1, 0.15) is 0 Å². The van der Waals surface area contributed by atoms with E-state index in [-0.39, 0.29) is 26.4 Å². The molecule has 0 amide bonds. The summed E-state index contributed by atoms with van der Waals surface area (Å²) in [6.07, 6.45) is -1.46. The number of halogens is 1. The summed E-state index contributed by atoms with van der Waals surface area (Å²) in [5.74, 6) is 0. The number of carbonyl (C=O) groups is 1. The SMILES string of the molecule is N=[N+]([I-])[NH+]([O-])OCCO[NH+]([O-])OCC1COC(=O)O1. The summed E-state index contributed by atoms with van der Waals surface area (Å²) in [5.41, 5.74) is 6.84. The largest absolute Gasteiger partial charge is 0.566 e. The fourth-order valence-electron chi connectivity index (χ4n) is 0.961. The zero-order chi connectivity index (χ0) is 14.3. The van der Waals surface area contributed by atoms with Crippen LogP contribution < -0.4 is 33.6 Å². The Morgan fingerprint density at radius 3 is 2.68 bits per heavy atom. The van der Waals surface area contributed by atoms with Crippen molar-refractivity contribution in [2.45, 2.75) is 6.10 Å². The summed E-state index contributed by atoms with van der Waals surface area (Å²) in [6, 6.07) is 0. The predicted octanol–water partition coefficient (Wildman–Crippen LogP) is -6.49. The molecule has 3 unspecified atom stereocenters. The van der Waals surface area contributed by atoms with Gasteiger partial charge in [0.1, 0.15) is 19.8 Å². The van der Waals surface area contributed by atoms with Crippen molar-refractivity contribution >= 4 is 6.16 Å². The number of hydrogen-bond acceptors (Lipinski definition) is 9. The number of ether oxygens (including phenoxy) is 2. The van der Waals surface area contributed by atoms with Gasteiger partial charge < -0.3 is 19.9 Å². The Kier molecular flexibility index (Phi) is 7.31. The number of hydrogen-bond donors (Lipinski definition) is 3. The molecule has 0 aliphatic carbocycles. The van der Waals surface area contributed by atoms with Gasteiger partial charge in [-0.05, 0) is 10.9 Å². The van der Waals surface area contributed by atoms with Gasteiger partial charge in [-0.3, -0.25) is 0 Å². The lowest BCUT2D eigenvalue weighted by Crippen LogP contribution is -3.50. The molecule has 0 spiro atoms. The van der Waals surface area contributed by atoms with Crippen LogP contribution in [0.25, 0.3) is 0 Å². The lowest BCUT2D eigenvalue weighted by atomic mass is 10.4. The summed E-state index contributed by atoms with van der Waals surface area (Å²) in [6.45, 7) is -0.582. The van der Waals surface area contributed by atoms with Crippen molar-refractivity contribution in [3.05, 3.63) is 10.4 Å². The van der Waals surface area contributed by atoms with E-state index in [2.05, 4.69) is 24.0 Å². The van der Waals surface area contributed by atoms with Crippen molar-refractivity contribution in [1.82, 2.24) is 0 Å². The lowest BCUT2D eigenvalue weighted by Gasteiger charge is -2.19. The van der Waals surface area contributed by atoms with Crippen LogP contribution in [0.15, 0.2) is 0 Å². The Balaban J connectivity index is 2.00. The van der Waals surface area contributed by atoms with Gasteiger partial charge in [-0.25, -0.2) is 27.7 Å². The van der Waals surface area contributed by atoms with Crippen LogP contribution in [0.5, 0.6) is 0 Å². The minimum absolute atomic E-state index is 0.0126. The Labute approximate surface area is 120 Å². The van der Waals surface area contributed by atoms with Gasteiger partial charge in [0.15, 0.2) is 12.7 Å². The van der Waals surface area contributed by atoms with Crippen molar-refractivity contribution in [1.29, 1.82) is 5.53 Å². The average Bonchev–Trinajstić information content (AvgIpc) is 2.77. The number of nitrogens with one attached hydrogen (secondary N) is 3. The average molecular weight is 395 g/mol. The molecule has 0 aromatic rings. The van der Waals surface area contributed by atoms with Gasteiger partial charge in [0.25, 0.3) is 0 Å². The molecular weight excluding hydrogens is 383 g/mol. The highest BCUT2D eigenvalue weighted by molar-refractivity contribution is 5.61. The summed E-state index contributed by atoms with van der Waals surface area (Å²) in [7, 11) is 0. The van der Waals surface area contributed by atoms with Crippen molar-refractivity contribution in [3.63, 3.8) is 0 Å². The van der Waals surface area contributed by atoms with Crippen molar-refractivity contribution in [3.8, 4) is 0 Å². The van der Waals surface area contributed by atoms with E-state index in [1.165, 1.54) is 22.9 Å².